The first-order valence-corrected chi connectivity index (χ1v) is 6.04. The monoisotopic (exact) mass is 228 g/mol. The van der Waals surface area contributed by atoms with Crippen LogP contribution in [0.15, 0.2) is 0 Å². The van der Waals surface area contributed by atoms with Crippen LogP contribution in [-0.2, 0) is 4.79 Å². The van der Waals surface area contributed by atoms with E-state index in [1.54, 1.807) is 0 Å². The number of nitrogens with one attached hydrogen (secondary N) is 1. The predicted octanol–water partition coefficient (Wildman–Crippen LogP) is -0.219. The molecular formula is C11H24N4O. The van der Waals surface area contributed by atoms with Gasteiger partial charge in [0.2, 0.25) is 0 Å². The first kappa shape index (κ1) is 13.4. The molecule has 5 nitrogen and oxygen atoms in total. The molecule has 2 atom stereocenters. The summed E-state index contributed by atoms with van der Waals surface area (Å²) in [5.74, 6) is 5.19. The van der Waals surface area contributed by atoms with Crippen LogP contribution in [-0.4, -0.2) is 54.5 Å². The molecule has 1 heterocycles. The Morgan fingerprint density at radius 1 is 1.56 bits per heavy atom. The molecule has 2 unspecified atom stereocenters. The maximum atomic E-state index is 11.7. The van der Waals surface area contributed by atoms with E-state index in [0.717, 1.165) is 32.5 Å². The molecular weight excluding hydrogens is 204 g/mol. The van der Waals surface area contributed by atoms with Gasteiger partial charge in [-0.2, -0.15) is 0 Å². The normalized spacial score (nSPS) is 25.4. The highest BCUT2D eigenvalue weighted by molar-refractivity contribution is 5.81. The second-order valence-corrected chi connectivity index (χ2v) is 4.66. The van der Waals surface area contributed by atoms with Gasteiger partial charge in [-0.25, -0.2) is 5.84 Å². The number of likely N-dealkylation sites (N-methyl/N-ethyl adjacent to an activating group) is 1. The standard InChI is InChI=1S/C11H24N4O/c1-4-5-10(11(16)13-12)15-7-6-14(3)8-9(15)2/h9-10H,4-8,12H2,1-3H3,(H,13,16). The average Bonchev–Trinajstić information content (AvgIpc) is 2.26. The molecule has 1 fully saturated rings. The number of hydrogen-bond acceptors (Lipinski definition) is 4. The Labute approximate surface area is 97.9 Å². The van der Waals surface area contributed by atoms with Crippen LogP contribution in [0, 0.1) is 0 Å². The predicted molar refractivity (Wildman–Crippen MR) is 64.7 cm³/mol. The average molecular weight is 228 g/mol. The van der Waals surface area contributed by atoms with Crippen molar-refractivity contribution in [2.75, 3.05) is 26.7 Å². The third kappa shape index (κ3) is 3.17. The number of carbonyl (C=O) groups excluding carboxylic acids is 1. The van der Waals surface area contributed by atoms with Gasteiger partial charge in [0, 0.05) is 25.7 Å². The number of nitrogens with zero attached hydrogens (tertiary/aromatic N) is 2. The molecule has 16 heavy (non-hydrogen) atoms. The molecule has 0 aromatic carbocycles. The molecule has 0 saturated carbocycles. The van der Waals surface area contributed by atoms with Gasteiger partial charge < -0.3 is 4.90 Å². The molecule has 1 amide bonds. The summed E-state index contributed by atoms with van der Waals surface area (Å²) in [6, 6.07) is 0.339. The Hall–Kier alpha value is -0.650. The minimum atomic E-state index is -0.0706. The van der Waals surface area contributed by atoms with Gasteiger partial charge in [0.1, 0.15) is 0 Å². The first-order chi connectivity index (χ1) is 7.60. The largest absolute Gasteiger partial charge is 0.304 e. The molecule has 1 saturated heterocycles. The zero-order chi connectivity index (χ0) is 12.1. The Balaban J connectivity index is 2.66. The highest BCUT2D eigenvalue weighted by Crippen LogP contribution is 2.15. The molecule has 0 radical (unpaired) electrons. The van der Waals surface area contributed by atoms with Crippen LogP contribution in [0.3, 0.4) is 0 Å². The van der Waals surface area contributed by atoms with Crippen molar-refractivity contribution in [1.29, 1.82) is 0 Å². The molecule has 5 heteroatoms. The summed E-state index contributed by atoms with van der Waals surface area (Å²) < 4.78 is 0. The zero-order valence-corrected chi connectivity index (χ0v) is 10.6. The zero-order valence-electron chi connectivity index (χ0n) is 10.6. The summed E-state index contributed by atoms with van der Waals surface area (Å²) >= 11 is 0. The van der Waals surface area contributed by atoms with E-state index >= 15 is 0 Å². The summed E-state index contributed by atoms with van der Waals surface area (Å²) in [6.07, 6.45) is 1.87. The summed E-state index contributed by atoms with van der Waals surface area (Å²) in [5, 5.41) is 0. The van der Waals surface area contributed by atoms with Gasteiger partial charge in [-0.1, -0.05) is 13.3 Å². The van der Waals surface area contributed by atoms with Crippen LogP contribution in [0.25, 0.3) is 0 Å². The van der Waals surface area contributed by atoms with E-state index in [-0.39, 0.29) is 11.9 Å². The minimum Gasteiger partial charge on any atom is -0.304 e. The van der Waals surface area contributed by atoms with Gasteiger partial charge in [0.05, 0.1) is 6.04 Å². The van der Waals surface area contributed by atoms with Gasteiger partial charge in [0.25, 0.3) is 5.91 Å². The maximum Gasteiger partial charge on any atom is 0.251 e. The summed E-state index contributed by atoms with van der Waals surface area (Å²) in [4.78, 5) is 16.3. The van der Waals surface area contributed by atoms with Crippen LogP contribution >= 0.6 is 0 Å². The lowest BCUT2D eigenvalue weighted by Crippen LogP contribution is -2.59. The molecule has 0 bridgehead atoms. The van der Waals surface area contributed by atoms with Crippen molar-refractivity contribution in [3.63, 3.8) is 0 Å². The van der Waals surface area contributed by atoms with Gasteiger partial charge in [0.15, 0.2) is 0 Å². The van der Waals surface area contributed by atoms with E-state index in [4.69, 9.17) is 5.84 Å². The van der Waals surface area contributed by atoms with E-state index in [0.29, 0.717) is 6.04 Å². The third-order valence-electron chi connectivity index (χ3n) is 3.29. The highest BCUT2D eigenvalue weighted by Gasteiger charge is 2.31. The second kappa shape index (κ2) is 6.18. The Bertz CT molecular complexity index is 234. The molecule has 1 aliphatic heterocycles. The molecule has 94 valence electrons. The number of hydrazine groups is 1. The molecule has 0 aromatic heterocycles. The van der Waals surface area contributed by atoms with Crippen LogP contribution in [0.5, 0.6) is 0 Å². The quantitative estimate of drug-likeness (QED) is 0.397. The molecule has 1 aliphatic rings. The van der Waals surface area contributed by atoms with Crippen LogP contribution in [0.2, 0.25) is 0 Å². The summed E-state index contributed by atoms with van der Waals surface area (Å²) in [5.41, 5.74) is 2.28. The smallest absolute Gasteiger partial charge is 0.251 e. The second-order valence-electron chi connectivity index (χ2n) is 4.66. The fourth-order valence-corrected chi connectivity index (χ4v) is 2.43. The van der Waals surface area contributed by atoms with Gasteiger partial charge in [-0.05, 0) is 20.4 Å². The molecule has 0 aromatic rings. The SMILES string of the molecule is CCCC(C(=O)NN)N1CCN(C)CC1C. The van der Waals surface area contributed by atoms with Crippen LogP contribution in [0.4, 0.5) is 0 Å². The third-order valence-corrected chi connectivity index (χ3v) is 3.29. The van der Waals surface area contributed by atoms with E-state index in [1.165, 1.54) is 0 Å². The Morgan fingerprint density at radius 2 is 2.25 bits per heavy atom. The fourth-order valence-electron chi connectivity index (χ4n) is 2.43. The van der Waals surface area contributed by atoms with Crippen molar-refractivity contribution >= 4 is 5.91 Å². The van der Waals surface area contributed by atoms with Crippen molar-refractivity contribution in [3.05, 3.63) is 0 Å². The van der Waals surface area contributed by atoms with E-state index in [9.17, 15) is 4.79 Å². The van der Waals surface area contributed by atoms with Gasteiger partial charge >= 0.3 is 0 Å². The molecule has 0 aliphatic carbocycles. The van der Waals surface area contributed by atoms with Crippen molar-refractivity contribution in [1.82, 2.24) is 15.2 Å². The lowest BCUT2D eigenvalue weighted by atomic mass is 10.1. The number of piperazine rings is 1. The number of hydrogen-bond donors (Lipinski definition) is 2. The van der Waals surface area contributed by atoms with Crippen LogP contribution < -0.4 is 11.3 Å². The number of nitrogens with two attached hydrogens (primary N) is 1. The molecule has 0 spiro atoms. The van der Waals surface area contributed by atoms with E-state index in [1.807, 2.05) is 0 Å². The molecule has 1 rings (SSSR count). The lowest BCUT2D eigenvalue weighted by molar-refractivity contribution is -0.128. The van der Waals surface area contributed by atoms with Crippen molar-refractivity contribution in [2.45, 2.75) is 38.8 Å². The van der Waals surface area contributed by atoms with Gasteiger partial charge in [-0.3, -0.25) is 15.1 Å². The Kier molecular flexibility index (Phi) is 5.18. The maximum absolute atomic E-state index is 11.7. The summed E-state index contributed by atoms with van der Waals surface area (Å²) in [6.45, 7) is 7.23. The van der Waals surface area contributed by atoms with E-state index in [2.05, 4.69) is 36.1 Å². The fraction of sp³-hybridized carbons (Fsp3) is 0.909. The number of amides is 1. The van der Waals surface area contributed by atoms with Crippen molar-refractivity contribution < 1.29 is 4.79 Å². The van der Waals surface area contributed by atoms with Crippen molar-refractivity contribution in [3.8, 4) is 0 Å². The first-order valence-electron chi connectivity index (χ1n) is 6.04. The topological polar surface area (TPSA) is 61.6 Å². The van der Waals surface area contributed by atoms with Crippen molar-refractivity contribution in [2.24, 2.45) is 5.84 Å². The number of rotatable bonds is 4. The lowest BCUT2D eigenvalue weighted by Gasteiger charge is -2.42. The minimum absolute atomic E-state index is 0.0572. The Morgan fingerprint density at radius 3 is 2.75 bits per heavy atom. The van der Waals surface area contributed by atoms with E-state index < -0.39 is 0 Å². The van der Waals surface area contributed by atoms with Crippen LogP contribution in [0.1, 0.15) is 26.7 Å². The summed E-state index contributed by atoms with van der Waals surface area (Å²) in [7, 11) is 2.12. The van der Waals surface area contributed by atoms with Gasteiger partial charge in [-0.15, -0.1) is 0 Å². The molecule has 3 N–H and O–H groups in total. The number of carbonyl (C=O) groups is 1. The highest BCUT2D eigenvalue weighted by atomic mass is 16.2.